The van der Waals surface area contributed by atoms with Crippen LogP contribution in [0.1, 0.15) is 38.2 Å². The fraction of sp³-hybridized carbons (Fsp3) is 0.682. The SMILES string of the molecule is CN=C(NCC1CC1c1ccccc1)NCC(CC(C)C)N1CCOCC1.I. The van der Waals surface area contributed by atoms with Crippen molar-refractivity contribution in [1.29, 1.82) is 0 Å². The summed E-state index contributed by atoms with van der Waals surface area (Å²) in [5.41, 5.74) is 1.47. The number of halogens is 1. The quantitative estimate of drug-likeness (QED) is 0.327. The number of hydrogen-bond donors (Lipinski definition) is 2. The monoisotopic (exact) mass is 500 g/mol. The molecular weight excluding hydrogens is 463 g/mol. The average molecular weight is 500 g/mol. The Balaban J connectivity index is 0.00000280. The molecule has 1 aromatic rings. The van der Waals surface area contributed by atoms with E-state index in [1.54, 1.807) is 0 Å². The Morgan fingerprint density at radius 3 is 2.54 bits per heavy atom. The molecule has 0 radical (unpaired) electrons. The van der Waals surface area contributed by atoms with Gasteiger partial charge in [0.1, 0.15) is 0 Å². The number of aliphatic imine (C=N–C) groups is 1. The van der Waals surface area contributed by atoms with E-state index >= 15 is 0 Å². The van der Waals surface area contributed by atoms with Gasteiger partial charge in [0.15, 0.2) is 5.96 Å². The summed E-state index contributed by atoms with van der Waals surface area (Å²) >= 11 is 0. The molecule has 0 aromatic heterocycles. The molecule has 1 aliphatic carbocycles. The van der Waals surface area contributed by atoms with Gasteiger partial charge in [0.25, 0.3) is 0 Å². The molecule has 2 aliphatic rings. The van der Waals surface area contributed by atoms with Gasteiger partial charge in [-0.2, -0.15) is 0 Å². The van der Waals surface area contributed by atoms with Gasteiger partial charge in [-0.3, -0.25) is 9.89 Å². The Bertz CT molecular complexity index is 589. The smallest absolute Gasteiger partial charge is 0.191 e. The zero-order valence-electron chi connectivity index (χ0n) is 17.6. The van der Waals surface area contributed by atoms with E-state index in [9.17, 15) is 0 Å². The summed E-state index contributed by atoms with van der Waals surface area (Å²) in [4.78, 5) is 7.00. The van der Waals surface area contributed by atoms with E-state index in [1.807, 2.05) is 7.05 Å². The third-order valence-corrected chi connectivity index (χ3v) is 5.72. The minimum atomic E-state index is 0. The number of benzene rings is 1. The molecule has 3 unspecified atom stereocenters. The zero-order chi connectivity index (χ0) is 19.1. The van der Waals surface area contributed by atoms with E-state index in [-0.39, 0.29) is 24.0 Å². The maximum absolute atomic E-state index is 5.52. The van der Waals surface area contributed by atoms with Gasteiger partial charge in [0.2, 0.25) is 0 Å². The largest absolute Gasteiger partial charge is 0.379 e. The Kier molecular flexibility index (Phi) is 10.0. The summed E-state index contributed by atoms with van der Waals surface area (Å²) in [5, 5.41) is 7.10. The molecule has 1 aromatic carbocycles. The molecular formula is C22H37IN4O. The van der Waals surface area contributed by atoms with Gasteiger partial charge in [-0.25, -0.2) is 0 Å². The molecule has 6 heteroatoms. The first-order valence-corrected chi connectivity index (χ1v) is 10.5. The highest BCUT2D eigenvalue weighted by Crippen LogP contribution is 2.46. The lowest BCUT2D eigenvalue weighted by Gasteiger charge is -2.35. The van der Waals surface area contributed by atoms with Crippen molar-refractivity contribution in [3.8, 4) is 0 Å². The van der Waals surface area contributed by atoms with Crippen molar-refractivity contribution in [1.82, 2.24) is 15.5 Å². The van der Waals surface area contributed by atoms with Crippen LogP contribution in [0.3, 0.4) is 0 Å². The van der Waals surface area contributed by atoms with Crippen molar-refractivity contribution in [3.05, 3.63) is 35.9 Å². The van der Waals surface area contributed by atoms with Crippen LogP contribution in [-0.4, -0.2) is 63.3 Å². The molecule has 1 aliphatic heterocycles. The Labute approximate surface area is 187 Å². The van der Waals surface area contributed by atoms with Crippen molar-refractivity contribution in [2.24, 2.45) is 16.8 Å². The summed E-state index contributed by atoms with van der Waals surface area (Å²) in [6.07, 6.45) is 2.47. The van der Waals surface area contributed by atoms with E-state index in [1.165, 1.54) is 18.4 Å². The lowest BCUT2D eigenvalue weighted by atomic mass is 10.0. The summed E-state index contributed by atoms with van der Waals surface area (Å²) in [6.45, 7) is 10.3. The van der Waals surface area contributed by atoms with E-state index in [0.29, 0.717) is 17.9 Å². The molecule has 0 bridgehead atoms. The lowest BCUT2D eigenvalue weighted by molar-refractivity contribution is 0.0132. The van der Waals surface area contributed by atoms with Crippen LogP contribution in [0.5, 0.6) is 0 Å². The molecule has 2 N–H and O–H groups in total. The fourth-order valence-corrected chi connectivity index (χ4v) is 4.09. The zero-order valence-corrected chi connectivity index (χ0v) is 19.9. The van der Waals surface area contributed by atoms with Gasteiger partial charge in [0.05, 0.1) is 13.2 Å². The fourth-order valence-electron chi connectivity index (χ4n) is 4.09. The molecule has 1 heterocycles. The van der Waals surface area contributed by atoms with Crippen LogP contribution < -0.4 is 10.6 Å². The van der Waals surface area contributed by atoms with Gasteiger partial charge in [0, 0.05) is 39.3 Å². The van der Waals surface area contributed by atoms with Crippen LogP contribution >= 0.6 is 24.0 Å². The first-order valence-electron chi connectivity index (χ1n) is 10.5. The molecule has 0 amide bonds. The van der Waals surface area contributed by atoms with Crippen molar-refractivity contribution < 1.29 is 4.74 Å². The number of nitrogens with zero attached hydrogens (tertiary/aromatic N) is 2. The second kappa shape index (κ2) is 12.0. The van der Waals surface area contributed by atoms with Gasteiger partial charge < -0.3 is 15.4 Å². The Hall–Kier alpha value is -0.860. The van der Waals surface area contributed by atoms with Gasteiger partial charge in [-0.1, -0.05) is 44.2 Å². The van der Waals surface area contributed by atoms with Crippen molar-refractivity contribution in [2.75, 3.05) is 46.4 Å². The predicted molar refractivity (Wildman–Crippen MR) is 128 cm³/mol. The summed E-state index contributed by atoms with van der Waals surface area (Å²) in [6, 6.07) is 11.4. The van der Waals surface area contributed by atoms with E-state index in [0.717, 1.165) is 51.3 Å². The highest BCUT2D eigenvalue weighted by molar-refractivity contribution is 14.0. The number of ether oxygens (including phenoxy) is 1. The van der Waals surface area contributed by atoms with Crippen LogP contribution in [0.25, 0.3) is 0 Å². The topological polar surface area (TPSA) is 48.9 Å². The number of nitrogens with one attached hydrogen (secondary N) is 2. The third kappa shape index (κ3) is 7.19. The average Bonchev–Trinajstić information content (AvgIpc) is 3.48. The number of guanidine groups is 1. The minimum absolute atomic E-state index is 0. The molecule has 0 spiro atoms. The number of morpholine rings is 1. The minimum Gasteiger partial charge on any atom is -0.379 e. The molecule has 3 atom stereocenters. The van der Waals surface area contributed by atoms with Gasteiger partial charge in [-0.05, 0) is 36.2 Å². The van der Waals surface area contributed by atoms with Crippen molar-refractivity contribution in [2.45, 2.75) is 38.6 Å². The Morgan fingerprint density at radius 2 is 1.89 bits per heavy atom. The normalized spacial score (nSPS) is 23.8. The molecule has 1 saturated heterocycles. The molecule has 3 rings (SSSR count). The first kappa shape index (κ1) is 23.4. The molecule has 5 nitrogen and oxygen atoms in total. The molecule has 158 valence electrons. The highest BCUT2D eigenvalue weighted by atomic mass is 127. The van der Waals surface area contributed by atoms with Gasteiger partial charge in [-0.15, -0.1) is 24.0 Å². The van der Waals surface area contributed by atoms with E-state index in [4.69, 9.17) is 4.74 Å². The second-order valence-electron chi connectivity index (χ2n) is 8.28. The maximum Gasteiger partial charge on any atom is 0.191 e. The van der Waals surface area contributed by atoms with Crippen molar-refractivity contribution >= 4 is 29.9 Å². The van der Waals surface area contributed by atoms with Crippen LogP contribution in [0, 0.1) is 11.8 Å². The van der Waals surface area contributed by atoms with Crippen LogP contribution in [-0.2, 0) is 4.74 Å². The second-order valence-corrected chi connectivity index (χ2v) is 8.28. The van der Waals surface area contributed by atoms with Crippen molar-refractivity contribution in [3.63, 3.8) is 0 Å². The van der Waals surface area contributed by atoms with Gasteiger partial charge >= 0.3 is 0 Å². The van der Waals surface area contributed by atoms with Crippen LogP contribution in [0.15, 0.2) is 35.3 Å². The summed E-state index contributed by atoms with van der Waals surface area (Å²) in [7, 11) is 1.86. The third-order valence-electron chi connectivity index (χ3n) is 5.72. The predicted octanol–water partition coefficient (Wildman–Crippen LogP) is 3.32. The van der Waals surface area contributed by atoms with E-state index < -0.39 is 0 Å². The molecule has 1 saturated carbocycles. The number of hydrogen-bond acceptors (Lipinski definition) is 3. The first-order chi connectivity index (χ1) is 13.2. The van der Waals surface area contributed by atoms with E-state index in [2.05, 4.69) is 64.7 Å². The molecule has 2 fully saturated rings. The maximum atomic E-state index is 5.52. The highest BCUT2D eigenvalue weighted by Gasteiger charge is 2.37. The molecule has 28 heavy (non-hydrogen) atoms. The standard InChI is InChI=1S/C22H36N4O.HI/c1-17(2)13-20(26-9-11-27-12-10-26)16-25-22(23-3)24-15-19-14-21(19)18-7-5-4-6-8-18;/h4-8,17,19-21H,9-16H2,1-3H3,(H2,23,24,25);1H. The number of rotatable bonds is 8. The Morgan fingerprint density at radius 1 is 1.18 bits per heavy atom. The van der Waals surface area contributed by atoms with Crippen LogP contribution in [0.2, 0.25) is 0 Å². The summed E-state index contributed by atoms with van der Waals surface area (Å²) in [5.74, 6) is 3.04. The van der Waals surface area contributed by atoms with Crippen LogP contribution in [0.4, 0.5) is 0 Å². The lowest BCUT2D eigenvalue weighted by Crippen LogP contribution is -2.51. The summed E-state index contributed by atoms with van der Waals surface area (Å²) < 4.78 is 5.52.